The van der Waals surface area contributed by atoms with E-state index < -0.39 is 12.5 Å². The van der Waals surface area contributed by atoms with E-state index in [0.717, 1.165) is 6.20 Å². The standard InChI is InChI=1S/C5H7N3O3/c6-4-3(11-2-9)1-7-5(10)8-4/h1,9H,2H2,(H3,6,7,8,10). The van der Waals surface area contributed by atoms with E-state index in [2.05, 4.69) is 14.7 Å². The van der Waals surface area contributed by atoms with Crippen LogP contribution >= 0.6 is 0 Å². The van der Waals surface area contributed by atoms with Crippen molar-refractivity contribution in [3.05, 3.63) is 16.7 Å². The van der Waals surface area contributed by atoms with Gasteiger partial charge in [-0.05, 0) is 0 Å². The predicted octanol–water partition coefficient (Wildman–Crippen LogP) is -1.32. The van der Waals surface area contributed by atoms with E-state index in [-0.39, 0.29) is 11.6 Å². The van der Waals surface area contributed by atoms with Crippen molar-refractivity contribution < 1.29 is 9.84 Å². The highest BCUT2D eigenvalue weighted by molar-refractivity contribution is 5.42. The molecule has 0 radical (unpaired) electrons. The van der Waals surface area contributed by atoms with Crippen LogP contribution in [0.1, 0.15) is 0 Å². The lowest BCUT2D eigenvalue weighted by molar-refractivity contribution is 0.0985. The van der Waals surface area contributed by atoms with E-state index >= 15 is 0 Å². The first-order valence-electron chi connectivity index (χ1n) is 2.82. The lowest BCUT2D eigenvalue weighted by Gasteiger charge is -2.02. The number of nitrogens with zero attached hydrogens (tertiary/aromatic N) is 1. The molecule has 1 rings (SSSR count). The van der Waals surface area contributed by atoms with Gasteiger partial charge in [-0.25, -0.2) is 4.79 Å². The third kappa shape index (κ3) is 1.68. The minimum atomic E-state index is -0.548. The van der Waals surface area contributed by atoms with Gasteiger partial charge in [0.05, 0.1) is 6.20 Å². The third-order valence-corrected chi connectivity index (χ3v) is 1.03. The quantitative estimate of drug-likeness (QED) is 0.462. The minimum Gasteiger partial charge on any atom is -0.462 e. The number of nitrogens with one attached hydrogen (secondary N) is 1. The largest absolute Gasteiger partial charge is 0.462 e. The number of hydrogen-bond donors (Lipinski definition) is 3. The molecular weight excluding hydrogens is 150 g/mol. The summed E-state index contributed by atoms with van der Waals surface area (Å²) in [4.78, 5) is 16.0. The molecule has 0 fully saturated rings. The van der Waals surface area contributed by atoms with Crippen molar-refractivity contribution in [3.8, 4) is 5.75 Å². The monoisotopic (exact) mass is 157 g/mol. The highest BCUT2D eigenvalue weighted by atomic mass is 16.6. The number of ether oxygens (including phenoxy) is 1. The zero-order chi connectivity index (χ0) is 8.27. The Morgan fingerprint density at radius 1 is 1.82 bits per heavy atom. The Kier molecular flexibility index (Phi) is 2.07. The number of rotatable bonds is 2. The van der Waals surface area contributed by atoms with Gasteiger partial charge in [0.1, 0.15) is 5.82 Å². The molecule has 0 atom stereocenters. The maximum Gasteiger partial charge on any atom is 0.346 e. The number of H-pyrrole nitrogens is 1. The SMILES string of the molecule is Nc1[nH]c(=O)ncc1OCO. The van der Waals surface area contributed by atoms with Crippen LogP contribution in [0, 0.1) is 0 Å². The summed E-state index contributed by atoms with van der Waals surface area (Å²) in [7, 11) is 0. The Morgan fingerprint density at radius 3 is 3.09 bits per heavy atom. The highest BCUT2D eigenvalue weighted by Gasteiger charge is 1.99. The maximum atomic E-state index is 10.5. The Bertz CT molecular complexity index is 295. The molecule has 0 aromatic carbocycles. The fourth-order valence-corrected chi connectivity index (χ4v) is 0.580. The number of aromatic amines is 1. The summed E-state index contributed by atoms with van der Waals surface area (Å²) >= 11 is 0. The molecule has 60 valence electrons. The van der Waals surface area contributed by atoms with E-state index in [0.29, 0.717) is 0 Å². The van der Waals surface area contributed by atoms with Crippen molar-refractivity contribution in [3.63, 3.8) is 0 Å². The number of anilines is 1. The predicted molar refractivity (Wildman–Crippen MR) is 37.0 cm³/mol. The van der Waals surface area contributed by atoms with Crippen molar-refractivity contribution in [2.75, 3.05) is 12.5 Å². The second kappa shape index (κ2) is 3.02. The van der Waals surface area contributed by atoms with Crippen LogP contribution in [0.2, 0.25) is 0 Å². The Hall–Kier alpha value is -1.56. The molecular formula is C5H7N3O3. The molecule has 0 aliphatic heterocycles. The minimum absolute atomic E-state index is 0.0547. The fourth-order valence-electron chi connectivity index (χ4n) is 0.580. The van der Waals surface area contributed by atoms with Crippen LogP contribution in [0.25, 0.3) is 0 Å². The summed E-state index contributed by atoms with van der Waals surface area (Å²) in [6, 6.07) is 0. The Balaban J connectivity index is 2.99. The first-order chi connectivity index (χ1) is 5.24. The molecule has 0 aliphatic carbocycles. The maximum absolute atomic E-state index is 10.5. The van der Waals surface area contributed by atoms with Crippen LogP contribution in [-0.2, 0) is 0 Å². The van der Waals surface area contributed by atoms with Crippen LogP contribution in [0.15, 0.2) is 11.0 Å². The zero-order valence-corrected chi connectivity index (χ0v) is 5.57. The normalized spacial score (nSPS) is 9.55. The molecule has 1 aromatic heterocycles. The van der Waals surface area contributed by atoms with Crippen LogP contribution < -0.4 is 16.2 Å². The van der Waals surface area contributed by atoms with E-state index in [1.165, 1.54) is 0 Å². The molecule has 0 saturated carbocycles. The molecule has 6 nitrogen and oxygen atoms in total. The van der Waals surface area contributed by atoms with E-state index in [4.69, 9.17) is 10.8 Å². The van der Waals surface area contributed by atoms with E-state index in [1.807, 2.05) is 0 Å². The third-order valence-electron chi connectivity index (χ3n) is 1.03. The fraction of sp³-hybridized carbons (Fsp3) is 0.200. The molecule has 0 saturated heterocycles. The van der Waals surface area contributed by atoms with Crippen LogP contribution in [0.4, 0.5) is 5.82 Å². The molecule has 6 heteroatoms. The lowest BCUT2D eigenvalue weighted by atomic mass is 10.5. The van der Waals surface area contributed by atoms with Gasteiger partial charge in [-0.3, -0.25) is 4.98 Å². The van der Waals surface area contributed by atoms with Gasteiger partial charge in [0, 0.05) is 0 Å². The first-order valence-corrected chi connectivity index (χ1v) is 2.82. The van der Waals surface area contributed by atoms with Gasteiger partial charge in [-0.1, -0.05) is 0 Å². The van der Waals surface area contributed by atoms with Crippen molar-refractivity contribution in [1.82, 2.24) is 9.97 Å². The van der Waals surface area contributed by atoms with Crippen molar-refractivity contribution >= 4 is 5.82 Å². The molecule has 0 spiro atoms. The van der Waals surface area contributed by atoms with Gasteiger partial charge in [0.15, 0.2) is 12.5 Å². The van der Waals surface area contributed by atoms with Gasteiger partial charge < -0.3 is 15.6 Å². The van der Waals surface area contributed by atoms with Gasteiger partial charge in [-0.2, -0.15) is 4.98 Å². The van der Waals surface area contributed by atoms with Gasteiger partial charge in [0.25, 0.3) is 0 Å². The van der Waals surface area contributed by atoms with Crippen molar-refractivity contribution in [2.24, 2.45) is 0 Å². The number of hydrogen-bond acceptors (Lipinski definition) is 5. The smallest absolute Gasteiger partial charge is 0.346 e. The number of aliphatic hydroxyl groups excluding tert-OH is 1. The summed E-state index contributed by atoms with van der Waals surface area (Å²) in [6.07, 6.45) is 1.14. The molecule has 0 aliphatic rings. The first kappa shape index (κ1) is 7.55. The number of nitrogen functional groups attached to an aromatic ring is 1. The van der Waals surface area contributed by atoms with Crippen molar-refractivity contribution in [1.29, 1.82) is 0 Å². The lowest BCUT2D eigenvalue weighted by Crippen LogP contribution is -2.13. The second-order valence-electron chi connectivity index (χ2n) is 1.74. The molecule has 0 bridgehead atoms. The highest BCUT2D eigenvalue weighted by Crippen LogP contribution is 2.12. The van der Waals surface area contributed by atoms with Crippen LogP contribution in [0.5, 0.6) is 5.75 Å². The number of aliphatic hydroxyl groups is 1. The summed E-state index contributed by atoms with van der Waals surface area (Å²) in [5.74, 6) is 0.214. The molecule has 4 N–H and O–H groups in total. The molecule has 0 unspecified atom stereocenters. The Labute approximate surface area is 61.6 Å². The number of aromatic nitrogens is 2. The van der Waals surface area contributed by atoms with Crippen LogP contribution in [-0.4, -0.2) is 21.9 Å². The van der Waals surface area contributed by atoms with Gasteiger partial charge in [-0.15, -0.1) is 0 Å². The second-order valence-corrected chi connectivity index (χ2v) is 1.74. The molecule has 11 heavy (non-hydrogen) atoms. The van der Waals surface area contributed by atoms with Gasteiger partial charge >= 0.3 is 5.69 Å². The number of nitrogens with two attached hydrogens (primary N) is 1. The average Bonchev–Trinajstić information content (AvgIpc) is 1.95. The van der Waals surface area contributed by atoms with Crippen LogP contribution in [0.3, 0.4) is 0 Å². The topological polar surface area (TPSA) is 101 Å². The summed E-state index contributed by atoms with van der Waals surface area (Å²) in [5, 5.41) is 8.32. The summed E-state index contributed by atoms with van der Waals surface area (Å²) < 4.78 is 4.59. The summed E-state index contributed by atoms with van der Waals surface area (Å²) in [6.45, 7) is -0.502. The van der Waals surface area contributed by atoms with E-state index in [1.54, 1.807) is 0 Å². The van der Waals surface area contributed by atoms with E-state index in [9.17, 15) is 4.79 Å². The molecule has 1 heterocycles. The molecule has 1 aromatic rings. The van der Waals surface area contributed by atoms with Crippen molar-refractivity contribution in [2.45, 2.75) is 0 Å². The molecule has 0 amide bonds. The Morgan fingerprint density at radius 2 is 2.55 bits per heavy atom. The average molecular weight is 157 g/mol. The zero-order valence-electron chi connectivity index (χ0n) is 5.57. The summed E-state index contributed by atoms with van der Waals surface area (Å²) in [5.41, 5.74) is 4.73. The van der Waals surface area contributed by atoms with Gasteiger partial charge in [0.2, 0.25) is 0 Å².